The summed E-state index contributed by atoms with van der Waals surface area (Å²) in [5.41, 5.74) is 15.0. The first-order valence-corrected chi connectivity index (χ1v) is 11.8. The van der Waals surface area contributed by atoms with Crippen LogP contribution in [0, 0.1) is 12.3 Å². The first-order valence-electron chi connectivity index (χ1n) is 11.8. The van der Waals surface area contributed by atoms with Crippen molar-refractivity contribution in [3.05, 3.63) is 40.7 Å². The van der Waals surface area contributed by atoms with Crippen LogP contribution < -0.4 is 16.8 Å². The predicted octanol–water partition coefficient (Wildman–Crippen LogP) is 2.66. The van der Waals surface area contributed by atoms with Crippen LogP contribution in [0.4, 0.5) is 5.69 Å². The molecule has 0 unspecified atom stereocenters. The average Bonchev–Trinajstić information content (AvgIpc) is 3.09. The predicted molar refractivity (Wildman–Crippen MR) is 128 cm³/mol. The molecule has 2 aliphatic rings. The van der Waals surface area contributed by atoms with Gasteiger partial charge in [0.1, 0.15) is 6.10 Å². The number of carbonyl (C=O) groups excluding carboxylic acids is 3. The van der Waals surface area contributed by atoms with E-state index in [1.807, 2.05) is 23.7 Å². The number of aromatic nitrogens is 2. The maximum atomic E-state index is 12.8. The molecule has 0 saturated heterocycles. The van der Waals surface area contributed by atoms with Crippen molar-refractivity contribution in [2.24, 2.45) is 16.9 Å². The zero-order valence-corrected chi connectivity index (χ0v) is 20.0. The van der Waals surface area contributed by atoms with Gasteiger partial charge in [0.2, 0.25) is 0 Å². The molecular formula is C25H33N5O4. The molecule has 4 rings (SSSR count). The van der Waals surface area contributed by atoms with Crippen molar-refractivity contribution in [3.8, 4) is 5.69 Å². The van der Waals surface area contributed by atoms with Gasteiger partial charge in [0, 0.05) is 18.2 Å². The molecule has 9 nitrogen and oxygen atoms in total. The molecule has 5 N–H and O–H groups in total. The second-order valence-electron chi connectivity index (χ2n) is 10.2. The summed E-state index contributed by atoms with van der Waals surface area (Å²) in [5, 5.41) is 8.15. The molecule has 1 fully saturated rings. The van der Waals surface area contributed by atoms with Crippen molar-refractivity contribution in [3.63, 3.8) is 0 Å². The normalized spacial score (nSPS) is 21.6. The van der Waals surface area contributed by atoms with Crippen LogP contribution in [0.1, 0.15) is 78.1 Å². The van der Waals surface area contributed by atoms with Crippen LogP contribution in [-0.4, -0.2) is 46.1 Å². The number of ketones is 1. The lowest BCUT2D eigenvalue weighted by Crippen LogP contribution is -2.33. The number of hydrogen-bond acceptors (Lipinski definition) is 7. The van der Waals surface area contributed by atoms with E-state index in [1.165, 1.54) is 0 Å². The standard InChI is InChI=1S/C25H33N5O4/c1-14-23-20(11-25(2,3)12-21(23)31)30(29-14)16-6-9-18(24(27)33)19(10-16)28-15-4-7-17(8-5-15)34-22(32)13-26/h6,9-10,15,17,28H,4-5,7-8,11-13,26H2,1-3H3,(H2,27,33). The number of Topliss-reactive ketones (excluding diaryl/α,β-unsaturated/α-hetero) is 1. The van der Waals surface area contributed by atoms with Gasteiger partial charge in [0.25, 0.3) is 5.91 Å². The summed E-state index contributed by atoms with van der Waals surface area (Å²) in [6, 6.07) is 5.50. The molecule has 1 aromatic heterocycles. The van der Waals surface area contributed by atoms with Crippen LogP contribution in [-0.2, 0) is 16.0 Å². The highest BCUT2D eigenvalue weighted by molar-refractivity contribution is 6.00. The van der Waals surface area contributed by atoms with Gasteiger partial charge in [-0.3, -0.25) is 14.4 Å². The first kappa shape index (κ1) is 23.9. The van der Waals surface area contributed by atoms with Crippen LogP contribution in [0.3, 0.4) is 0 Å². The number of anilines is 1. The lowest BCUT2D eigenvalue weighted by Gasteiger charge is -2.30. The maximum absolute atomic E-state index is 12.8. The molecule has 1 heterocycles. The molecule has 0 bridgehead atoms. The lowest BCUT2D eigenvalue weighted by atomic mass is 9.75. The van der Waals surface area contributed by atoms with Gasteiger partial charge in [-0.15, -0.1) is 0 Å². The minimum absolute atomic E-state index is 0.106. The van der Waals surface area contributed by atoms with Gasteiger partial charge in [-0.2, -0.15) is 5.10 Å². The van der Waals surface area contributed by atoms with E-state index in [0.29, 0.717) is 28.9 Å². The number of fused-ring (bicyclic) bond motifs is 1. The van der Waals surface area contributed by atoms with E-state index < -0.39 is 5.91 Å². The van der Waals surface area contributed by atoms with Gasteiger partial charge in [-0.25, -0.2) is 4.68 Å². The van der Waals surface area contributed by atoms with E-state index in [2.05, 4.69) is 24.3 Å². The molecule has 2 aliphatic carbocycles. The minimum atomic E-state index is -0.519. The number of esters is 1. The van der Waals surface area contributed by atoms with E-state index in [-0.39, 0.29) is 35.9 Å². The van der Waals surface area contributed by atoms with Crippen molar-refractivity contribution >= 4 is 23.3 Å². The first-order chi connectivity index (χ1) is 16.1. The summed E-state index contributed by atoms with van der Waals surface area (Å²) in [4.78, 5) is 36.4. The number of carbonyl (C=O) groups is 3. The van der Waals surface area contributed by atoms with Crippen molar-refractivity contribution in [2.75, 3.05) is 11.9 Å². The monoisotopic (exact) mass is 467 g/mol. The average molecular weight is 468 g/mol. The van der Waals surface area contributed by atoms with E-state index in [0.717, 1.165) is 43.5 Å². The van der Waals surface area contributed by atoms with Crippen LogP contribution in [0.5, 0.6) is 0 Å². The molecule has 1 saturated carbocycles. The van der Waals surface area contributed by atoms with Crippen LogP contribution >= 0.6 is 0 Å². The van der Waals surface area contributed by atoms with Gasteiger partial charge in [-0.1, -0.05) is 13.8 Å². The Hall–Kier alpha value is -3.20. The van der Waals surface area contributed by atoms with Crippen LogP contribution in [0.2, 0.25) is 0 Å². The van der Waals surface area contributed by atoms with E-state index in [4.69, 9.17) is 16.2 Å². The van der Waals surface area contributed by atoms with E-state index in [9.17, 15) is 14.4 Å². The van der Waals surface area contributed by atoms with E-state index >= 15 is 0 Å². The zero-order chi connectivity index (χ0) is 24.6. The second kappa shape index (κ2) is 9.21. The van der Waals surface area contributed by atoms with Gasteiger partial charge < -0.3 is 21.5 Å². The van der Waals surface area contributed by atoms with Crippen molar-refractivity contribution < 1.29 is 19.1 Å². The fourth-order valence-corrected chi connectivity index (χ4v) is 5.13. The smallest absolute Gasteiger partial charge is 0.319 e. The molecule has 182 valence electrons. The largest absolute Gasteiger partial charge is 0.461 e. The third kappa shape index (κ3) is 4.84. The summed E-state index contributed by atoms with van der Waals surface area (Å²) in [7, 11) is 0. The molecule has 0 radical (unpaired) electrons. The number of nitrogens with one attached hydrogen (secondary N) is 1. The highest BCUT2D eigenvalue weighted by Gasteiger charge is 2.36. The van der Waals surface area contributed by atoms with Gasteiger partial charge in [0.05, 0.1) is 34.7 Å². The van der Waals surface area contributed by atoms with Crippen molar-refractivity contribution in [1.82, 2.24) is 9.78 Å². The number of nitrogens with two attached hydrogens (primary N) is 2. The summed E-state index contributed by atoms with van der Waals surface area (Å²) in [6.07, 6.45) is 4.11. The number of hydrogen-bond donors (Lipinski definition) is 3. The Morgan fingerprint density at radius 3 is 2.56 bits per heavy atom. The Morgan fingerprint density at radius 1 is 1.21 bits per heavy atom. The molecule has 0 spiro atoms. The Bertz CT molecular complexity index is 1130. The maximum Gasteiger partial charge on any atom is 0.319 e. The number of nitrogens with zero attached hydrogens (tertiary/aromatic N) is 2. The summed E-state index contributed by atoms with van der Waals surface area (Å²) < 4.78 is 7.18. The van der Waals surface area contributed by atoms with Gasteiger partial charge in [-0.05, 0) is 62.6 Å². The quantitative estimate of drug-likeness (QED) is 0.554. The highest BCUT2D eigenvalue weighted by Crippen LogP contribution is 2.37. The summed E-state index contributed by atoms with van der Waals surface area (Å²) >= 11 is 0. The third-order valence-electron chi connectivity index (χ3n) is 6.73. The number of benzene rings is 1. The number of aryl methyl sites for hydroxylation is 1. The van der Waals surface area contributed by atoms with Crippen LogP contribution in [0.15, 0.2) is 18.2 Å². The zero-order valence-electron chi connectivity index (χ0n) is 20.0. The fraction of sp³-hybridized carbons (Fsp3) is 0.520. The summed E-state index contributed by atoms with van der Waals surface area (Å²) in [6.45, 7) is 5.92. The van der Waals surface area contributed by atoms with Gasteiger partial charge >= 0.3 is 5.97 Å². The molecule has 9 heteroatoms. The Morgan fingerprint density at radius 2 is 1.91 bits per heavy atom. The Kier molecular flexibility index (Phi) is 6.49. The second-order valence-corrected chi connectivity index (χ2v) is 10.2. The Labute approximate surface area is 199 Å². The summed E-state index contributed by atoms with van der Waals surface area (Å²) in [5.74, 6) is -0.788. The van der Waals surface area contributed by atoms with Crippen molar-refractivity contribution in [1.29, 1.82) is 0 Å². The lowest BCUT2D eigenvalue weighted by molar-refractivity contribution is -0.148. The molecule has 0 atom stereocenters. The molecule has 0 aliphatic heterocycles. The SMILES string of the molecule is Cc1nn(-c2ccc(C(N)=O)c(NC3CCC(OC(=O)CN)CC3)c2)c2c1C(=O)CC(C)(C)C2. The van der Waals surface area contributed by atoms with Crippen molar-refractivity contribution in [2.45, 2.75) is 71.4 Å². The molecule has 2 aromatic rings. The molecule has 34 heavy (non-hydrogen) atoms. The molecular weight excluding hydrogens is 434 g/mol. The Balaban J connectivity index is 1.60. The number of ether oxygens (including phenoxy) is 1. The molecule has 1 aromatic carbocycles. The van der Waals surface area contributed by atoms with E-state index in [1.54, 1.807) is 6.07 Å². The third-order valence-corrected chi connectivity index (χ3v) is 6.73. The fourth-order valence-electron chi connectivity index (χ4n) is 5.13. The number of rotatable bonds is 6. The number of amides is 1. The molecule has 1 amide bonds. The topological polar surface area (TPSA) is 142 Å². The van der Waals surface area contributed by atoms with Crippen LogP contribution in [0.25, 0.3) is 5.69 Å². The van der Waals surface area contributed by atoms with Gasteiger partial charge in [0.15, 0.2) is 5.78 Å². The minimum Gasteiger partial charge on any atom is -0.461 e. The number of primary amides is 1. The highest BCUT2D eigenvalue weighted by atomic mass is 16.5.